The van der Waals surface area contributed by atoms with Crippen LogP contribution in [0, 0.1) is 4.77 Å². The highest BCUT2D eigenvalue weighted by atomic mass is 32.1. The third-order valence-corrected chi connectivity index (χ3v) is 2.60. The monoisotopic (exact) mass is 290 g/mol. The SMILES string of the molecule is O=C(O)c1ccc(N/N=C/c2c[nH]c(=S)[nH]c2=O)cc1. The van der Waals surface area contributed by atoms with Crippen molar-refractivity contribution in [3.8, 4) is 0 Å². The molecule has 0 aliphatic heterocycles. The molecular formula is C12H10N4O3S. The van der Waals surface area contributed by atoms with Gasteiger partial charge in [0.2, 0.25) is 0 Å². The first kappa shape index (κ1) is 13.7. The summed E-state index contributed by atoms with van der Waals surface area (Å²) in [5, 5.41) is 12.6. The number of carbonyl (C=O) groups is 1. The number of carboxylic acids is 1. The molecule has 0 saturated heterocycles. The number of hydrogen-bond donors (Lipinski definition) is 4. The number of hydrogen-bond acceptors (Lipinski definition) is 5. The van der Waals surface area contributed by atoms with E-state index >= 15 is 0 Å². The van der Waals surface area contributed by atoms with E-state index in [2.05, 4.69) is 20.5 Å². The van der Waals surface area contributed by atoms with E-state index in [-0.39, 0.29) is 15.9 Å². The smallest absolute Gasteiger partial charge is 0.335 e. The molecule has 102 valence electrons. The summed E-state index contributed by atoms with van der Waals surface area (Å²) >= 11 is 4.76. The molecule has 0 atom stereocenters. The Balaban J connectivity index is 2.08. The molecule has 1 aromatic heterocycles. The average molecular weight is 290 g/mol. The van der Waals surface area contributed by atoms with Crippen molar-refractivity contribution in [2.24, 2.45) is 5.10 Å². The van der Waals surface area contributed by atoms with Gasteiger partial charge in [0.25, 0.3) is 5.56 Å². The molecule has 0 radical (unpaired) electrons. The molecule has 0 bridgehead atoms. The third kappa shape index (κ3) is 3.39. The second-order valence-electron chi connectivity index (χ2n) is 3.78. The van der Waals surface area contributed by atoms with Crippen LogP contribution in [0.15, 0.2) is 40.4 Å². The Bertz CT molecular complexity index is 761. The van der Waals surface area contributed by atoms with Crippen LogP contribution in [-0.4, -0.2) is 27.3 Å². The Morgan fingerprint density at radius 2 is 2.05 bits per heavy atom. The highest BCUT2D eigenvalue weighted by molar-refractivity contribution is 7.71. The zero-order chi connectivity index (χ0) is 14.5. The maximum absolute atomic E-state index is 11.5. The number of aromatic carboxylic acids is 1. The molecule has 0 saturated carbocycles. The molecule has 8 heteroatoms. The number of rotatable bonds is 4. The maximum Gasteiger partial charge on any atom is 0.335 e. The van der Waals surface area contributed by atoms with Crippen molar-refractivity contribution in [2.75, 3.05) is 5.43 Å². The molecule has 1 heterocycles. The summed E-state index contributed by atoms with van der Waals surface area (Å²) in [6.45, 7) is 0. The minimum Gasteiger partial charge on any atom is -0.478 e. The van der Waals surface area contributed by atoms with Crippen LogP contribution in [0.25, 0.3) is 0 Å². The zero-order valence-electron chi connectivity index (χ0n) is 10.1. The summed E-state index contributed by atoms with van der Waals surface area (Å²) in [6.07, 6.45) is 2.77. The Labute approximate surface area is 118 Å². The standard InChI is InChI=1S/C12H10N4O3S/c17-10-8(5-13-12(20)15-10)6-14-16-9-3-1-7(2-4-9)11(18)19/h1-6,16H,(H,18,19)(H2,13,15,17,20)/b14-6+. The predicted octanol–water partition coefficient (Wildman–Crippen LogP) is 1.58. The van der Waals surface area contributed by atoms with Crippen LogP contribution in [0.1, 0.15) is 15.9 Å². The zero-order valence-corrected chi connectivity index (χ0v) is 10.9. The number of H-pyrrole nitrogens is 2. The first-order valence-corrected chi connectivity index (χ1v) is 5.91. The second-order valence-corrected chi connectivity index (χ2v) is 4.19. The topological polar surface area (TPSA) is 110 Å². The molecule has 0 unspecified atom stereocenters. The van der Waals surface area contributed by atoms with Crippen molar-refractivity contribution in [1.82, 2.24) is 9.97 Å². The van der Waals surface area contributed by atoms with Crippen LogP contribution in [-0.2, 0) is 0 Å². The maximum atomic E-state index is 11.5. The van der Waals surface area contributed by atoms with Gasteiger partial charge in [0.05, 0.1) is 23.0 Å². The predicted molar refractivity (Wildman–Crippen MR) is 76.9 cm³/mol. The van der Waals surface area contributed by atoms with Crippen molar-refractivity contribution in [1.29, 1.82) is 0 Å². The average Bonchev–Trinajstić information content (AvgIpc) is 2.42. The molecule has 1 aromatic carbocycles. The lowest BCUT2D eigenvalue weighted by Crippen LogP contribution is -2.13. The van der Waals surface area contributed by atoms with Crippen molar-refractivity contribution in [3.05, 3.63) is 56.7 Å². The number of anilines is 1. The normalized spacial score (nSPS) is 10.6. The fourth-order valence-corrected chi connectivity index (χ4v) is 1.53. The first-order valence-electron chi connectivity index (χ1n) is 5.51. The highest BCUT2D eigenvalue weighted by Crippen LogP contribution is 2.09. The molecule has 0 fully saturated rings. The van der Waals surface area contributed by atoms with Crippen LogP contribution < -0.4 is 11.0 Å². The van der Waals surface area contributed by atoms with Gasteiger partial charge >= 0.3 is 5.97 Å². The molecule has 0 spiro atoms. The van der Waals surface area contributed by atoms with E-state index < -0.39 is 5.97 Å². The largest absolute Gasteiger partial charge is 0.478 e. The van der Waals surface area contributed by atoms with Crippen molar-refractivity contribution in [3.63, 3.8) is 0 Å². The van der Waals surface area contributed by atoms with E-state index in [1.165, 1.54) is 24.5 Å². The van der Waals surface area contributed by atoms with Gasteiger partial charge in [-0.1, -0.05) is 0 Å². The van der Waals surface area contributed by atoms with Gasteiger partial charge in [-0.25, -0.2) is 4.79 Å². The molecule has 0 aliphatic rings. The third-order valence-electron chi connectivity index (χ3n) is 2.38. The van der Waals surface area contributed by atoms with Crippen molar-refractivity contribution in [2.45, 2.75) is 0 Å². The minimum atomic E-state index is -0.994. The van der Waals surface area contributed by atoms with Crippen molar-refractivity contribution >= 4 is 30.1 Å². The van der Waals surface area contributed by atoms with E-state index in [4.69, 9.17) is 17.3 Å². The fraction of sp³-hybridized carbons (Fsp3) is 0. The van der Waals surface area contributed by atoms with Crippen LogP contribution >= 0.6 is 12.2 Å². The number of hydrazone groups is 1. The quantitative estimate of drug-likeness (QED) is 0.388. The fourth-order valence-electron chi connectivity index (χ4n) is 1.38. The van der Waals surface area contributed by atoms with E-state index in [9.17, 15) is 9.59 Å². The van der Waals surface area contributed by atoms with Gasteiger partial charge < -0.3 is 10.1 Å². The van der Waals surface area contributed by atoms with Gasteiger partial charge in [0, 0.05) is 6.20 Å². The van der Waals surface area contributed by atoms with Crippen LogP contribution in [0.4, 0.5) is 5.69 Å². The van der Waals surface area contributed by atoms with E-state index in [1.54, 1.807) is 12.1 Å². The lowest BCUT2D eigenvalue weighted by molar-refractivity contribution is 0.0697. The Hall–Kier alpha value is -2.74. The molecule has 0 amide bonds. The Kier molecular flexibility index (Phi) is 4.06. The van der Waals surface area contributed by atoms with E-state index in [0.29, 0.717) is 11.3 Å². The first-order chi connectivity index (χ1) is 9.56. The number of aromatic nitrogens is 2. The molecule has 7 nitrogen and oxygen atoms in total. The summed E-state index contributed by atoms with van der Waals surface area (Å²) in [6, 6.07) is 6.05. The van der Waals surface area contributed by atoms with Gasteiger partial charge in [-0.15, -0.1) is 0 Å². The number of aromatic amines is 2. The van der Waals surface area contributed by atoms with Crippen molar-refractivity contribution < 1.29 is 9.90 Å². The van der Waals surface area contributed by atoms with Crippen LogP contribution in [0.3, 0.4) is 0 Å². The van der Waals surface area contributed by atoms with Crippen LogP contribution in [0.5, 0.6) is 0 Å². The summed E-state index contributed by atoms with van der Waals surface area (Å²) in [7, 11) is 0. The molecular weight excluding hydrogens is 280 g/mol. The van der Waals surface area contributed by atoms with Gasteiger partial charge in [0.15, 0.2) is 4.77 Å². The van der Waals surface area contributed by atoms with Gasteiger partial charge in [-0.05, 0) is 36.5 Å². The summed E-state index contributed by atoms with van der Waals surface area (Å²) in [4.78, 5) is 27.3. The number of nitrogens with one attached hydrogen (secondary N) is 3. The van der Waals surface area contributed by atoms with Crippen LogP contribution in [0.2, 0.25) is 0 Å². The summed E-state index contributed by atoms with van der Waals surface area (Å²) in [5.74, 6) is -0.994. The lowest BCUT2D eigenvalue weighted by Gasteiger charge is -2.00. The molecule has 2 rings (SSSR count). The number of benzene rings is 1. The van der Waals surface area contributed by atoms with Gasteiger partial charge in [0.1, 0.15) is 0 Å². The van der Waals surface area contributed by atoms with E-state index in [0.717, 1.165) is 0 Å². The van der Waals surface area contributed by atoms with E-state index in [1.807, 2.05) is 0 Å². The van der Waals surface area contributed by atoms with Gasteiger partial charge in [-0.3, -0.25) is 15.2 Å². The molecule has 0 aliphatic carbocycles. The number of nitrogens with zero attached hydrogens (tertiary/aromatic N) is 1. The molecule has 4 N–H and O–H groups in total. The summed E-state index contributed by atoms with van der Waals surface area (Å²) in [5.41, 5.74) is 3.44. The van der Waals surface area contributed by atoms with Gasteiger partial charge in [-0.2, -0.15) is 5.10 Å². The number of carboxylic acid groups (broad SMARTS) is 1. The minimum absolute atomic E-state index is 0.187. The second kappa shape index (κ2) is 5.93. The highest BCUT2D eigenvalue weighted by Gasteiger charge is 2.00. The Morgan fingerprint density at radius 3 is 2.65 bits per heavy atom. The summed E-state index contributed by atoms with van der Waals surface area (Å²) < 4.78 is 0.240. The lowest BCUT2D eigenvalue weighted by atomic mass is 10.2. The Morgan fingerprint density at radius 1 is 1.35 bits per heavy atom. The molecule has 2 aromatic rings. The molecule has 20 heavy (non-hydrogen) atoms.